The smallest absolute Gasteiger partial charge is 0.234 e. The molecule has 5 heteroatoms. The molecule has 16 heavy (non-hydrogen) atoms. The van der Waals surface area contributed by atoms with E-state index in [0.29, 0.717) is 13.1 Å². The zero-order valence-corrected chi connectivity index (χ0v) is 11.5. The van der Waals surface area contributed by atoms with Crippen molar-refractivity contribution < 1.29 is 4.79 Å². The van der Waals surface area contributed by atoms with Crippen molar-refractivity contribution in [2.75, 3.05) is 13.1 Å². The Balaban J connectivity index is 2.35. The summed E-state index contributed by atoms with van der Waals surface area (Å²) in [5.41, 5.74) is 0. The summed E-state index contributed by atoms with van der Waals surface area (Å²) in [7, 11) is 0. The number of halogens is 1. The van der Waals surface area contributed by atoms with Gasteiger partial charge in [0.2, 0.25) is 5.91 Å². The molecule has 1 atom stereocenters. The van der Waals surface area contributed by atoms with E-state index < -0.39 is 0 Å². The molecule has 0 spiro atoms. The summed E-state index contributed by atoms with van der Waals surface area (Å²) in [4.78, 5) is 12.5. The van der Waals surface area contributed by atoms with Crippen LogP contribution in [0, 0.1) is 0 Å². The Morgan fingerprint density at radius 2 is 2.50 bits per heavy atom. The van der Waals surface area contributed by atoms with Gasteiger partial charge in [-0.15, -0.1) is 17.9 Å². The number of thiophene rings is 1. The minimum Gasteiger partial charge on any atom is -0.352 e. The molecular weight excluding hydrogens is 288 g/mol. The van der Waals surface area contributed by atoms with Gasteiger partial charge < -0.3 is 10.6 Å². The molecular formula is C11H15BrN2OS. The van der Waals surface area contributed by atoms with Gasteiger partial charge in [-0.3, -0.25) is 4.79 Å². The van der Waals surface area contributed by atoms with Gasteiger partial charge in [0.15, 0.2) is 0 Å². The largest absolute Gasteiger partial charge is 0.352 e. The minimum atomic E-state index is -0.0144. The molecule has 0 saturated heterocycles. The Hall–Kier alpha value is -0.650. The summed E-state index contributed by atoms with van der Waals surface area (Å²) in [6.07, 6.45) is 1.66. The first-order valence-electron chi connectivity index (χ1n) is 4.99. The number of nitrogens with one attached hydrogen (secondary N) is 2. The van der Waals surface area contributed by atoms with Gasteiger partial charge in [0.05, 0.1) is 6.54 Å². The molecule has 0 aromatic carbocycles. The molecule has 0 radical (unpaired) electrons. The number of hydrogen-bond donors (Lipinski definition) is 2. The van der Waals surface area contributed by atoms with E-state index in [4.69, 9.17) is 0 Å². The van der Waals surface area contributed by atoms with Gasteiger partial charge in [-0.1, -0.05) is 6.08 Å². The maximum atomic E-state index is 11.3. The normalized spacial score (nSPS) is 12.1. The van der Waals surface area contributed by atoms with Crippen molar-refractivity contribution in [2.45, 2.75) is 13.0 Å². The van der Waals surface area contributed by atoms with Gasteiger partial charge in [-0.25, -0.2) is 0 Å². The van der Waals surface area contributed by atoms with Crippen LogP contribution in [-0.2, 0) is 4.79 Å². The summed E-state index contributed by atoms with van der Waals surface area (Å²) in [5.74, 6) is -0.0144. The summed E-state index contributed by atoms with van der Waals surface area (Å²) in [6, 6.07) is 2.18. The first-order valence-corrected chi connectivity index (χ1v) is 6.66. The van der Waals surface area contributed by atoms with Gasteiger partial charge in [0.1, 0.15) is 0 Å². The van der Waals surface area contributed by atoms with Crippen LogP contribution in [0.5, 0.6) is 0 Å². The second-order valence-electron chi connectivity index (χ2n) is 3.33. The van der Waals surface area contributed by atoms with Crippen LogP contribution in [0.1, 0.15) is 17.8 Å². The zero-order valence-electron chi connectivity index (χ0n) is 9.13. The molecule has 0 fully saturated rings. The molecule has 3 nitrogen and oxygen atoms in total. The predicted molar refractivity (Wildman–Crippen MR) is 71.6 cm³/mol. The minimum absolute atomic E-state index is 0.0144. The third kappa shape index (κ3) is 4.08. The highest BCUT2D eigenvalue weighted by Gasteiger charge is 2.11. The Bertz CT molecular complexity index is 365. The monoisotopic (exact) mass is 302 g/mol. The SMILES string of the molecule is C=CCNC(=O)CNC(C)c1sccc1Br. The van der Waals surface area contributed by atoms with Gasteiger partial charge in [-0.2, -0.15) is 0 Å². The molecule has 1 aromatic heterocycles. The van der Waals surface area contributed by atoms with E-state index in [2.05, 4.69) is 33.1 Å². The molecule has 1 unspecified atom stereocenters. The molecule has 0 bridgehead atoms. The van der Waals surface area contributed by atoms with Crippen molar-refractivity contribution in [3.05, 3.63) is 33.5 Å². The van der Waals surface area contributed by atoms with Gasteiger partial charge in [0, 0.05) is 21.9 Å². The lowest BCUT2D eigenvalue weighted by Crippen LogP contribution is -2.34. The molecule has 0 saturated carbocycles. The predicted octanol–water partition coefficient (Wildman–Crippen LogP) is 2.46. The standard InChI is InChI=1S/C11H15BrN2OS/c1-3-5-13-10(15)7-14-8(2)11-9(12)4-6-16-11/h3-4,6,8,14H,1,5,7H2,2H3,(H,13,15). The van der Waals surface area contributed by atoms with Crippen molar-refractivity contribution in [3.63, 3.8) is 0 Å². The number of carbonyl (C=O) groups excluding carboxylic acids is 1. The first kappa shape index (κ1) is 13.4. The lowest BCUT2D eigenvalue weighted by atomic mass is 10.3. The van der Waals surface area contributed by atoms with Crippen molar-refractivity contribution in [2.24, 2.45) is 0 Å². The first-order chi connectivity index (χ1) is 7.65. The molecule has 0 aliphatic carbocycles. The molecule has 2 N–H and O–H groups in total. The highest BCUT2D eigenvalue weighted by atomic mass is 79.9. The van der Waals surface area contributed by atoms with E-state index in [1.807, 2.05) is 18.4 Å². The summed E-state index contributed by atoms with van der Waals surface area (Å²) < 4.78 is 1.09. The lowest BCUT2D eigenvalue weighted by molar-refractivity contribution is -0.120. The zero-order chi connectivity index (χ0) is 12.0. The van der Waals surface area contributed by atoms with Crippen LogP contribution < -0.4 is 10.6 Å². The number of hydrogen-bond acceptors (Lipinski definition) is 3. The van der Waals surface area contributed by atoms with Crippen LogP contribution in [0.4, 0.5) is 0 Å². The van der Waals surface area contributed by atoms with Crippen LogP contribution >= 0.6 is 27.3 Å². The van der Waals surface area contributed by atoms with E-state index in [-0.39, 0.29) is 11.9 Å². The Kier molecular flexibility index (Phi) is 5.73. The van der Waals surface area contributed by atoms with E-state index in [1.54, 1.807) is 17.4 Å². The number of amides is 1. The fourth-order valence-corrected chi connectivity index (χ4v) is 2.95. The maximum Gasteiger partial charge on any atom is 0.234 e. The summed E-state index contributed by atoms with van der Waals surface area (Å²) >= 11 is 5.14. The number of carbonyl (C=O) groups is 1. The summed E-state index contributed by atoms with van der Waals surface area (Å²) in [5, 5.41) is 7.91. The molecule has 1 aromatic rings. The fourth-order valence-electron chi connectivity index (χ4n) is 1.20. The average Bonchev–Trinajstić information content (AvgIpc) is 2.69. The van der Waals surface area contributed by atoms with Gasteiger partial charge in [0.25, 0.3) is 0 Å². The molecule has 1 heterocycles. The Labute approximate surface area is 108 Å². The van der Waals surface area contributed by atoms with E-state index >= 15 is 0 Å². The molecule has 0 aliphatic heterocycles. The average molecular weight is 303 g/mol. The van der Waals surface area contributed by atoms with E-state index in [0.717, 1.165) is 4.47 Å². The van der Waals surface area contributed by atoms with Crippen molar-refractivity contribution in [3.8, 4) is 0 Å². The second-order valence-corrected chi connectivity index (χ2v) is 5.13. The van der Waals surface area contributed by atoms with Crippen molar-refractivity contribution in [1.82, 2.24) is 10.6 Å². The van der Waals surface area contributed by atoms with E-state index in [1.165, 1.54) is 4.88 Å². The highest BCUT2D eigenvalue weighted by molar-refractivity contribution is 9.10. The topological polar surface area (TPSA) is 41.1 Å². The van der Waals surface area contributed by atoms with Gasteiger partial charge >= 0.3 is 0 Å². The third-order valence-electron chi connectivity index (χ3n) is 2.05. The van der Waals surface area contributed by atoms with Crippen molar-refractivity contribution in [1.29, 1.82) is 0 Å². The second kappa shape index (κ2) is 6.83. The fraction of sp³-hybridized carbons (Fsp3) is 0.364. The number of rotatable bonds is 6. The van der Waals surface area contributed by atoms with Crippen LogP contribution in [-0.4, -0.2) is 19.0 Å². The van der Waals surface area contributed by atoms with Crippen LogP contribution in [0.3, 0.4) is 0 Å². The van der Waals surface area contributed by atoms with Crippen LogP contribution in [0.25, 0.3) is 0 Å². The Morgan fingerprint density at radius 1 is 1.75 bits per heavy atom. The van der Waals surface area contributed by atoms with Gasteiger partial charge in [-0.05, 0) is 34.3 Å². The van der Waals surface area contributed by atoms with Crippen LogP contribution in [0.15, 0.2) is 28.6 Å². The van der Waals surface area contributed by atoms with Crippen LogP contribution in [0.2, 0.25) is 0 Å². The molecule has 0 aliphatic rings. The quantitative estimate of drug-likeness (QED) is 0.793. The molecule has 1 amide bonds. The Morgan fingerprint density at radius 3 is 3.06 bits per heavy atom. The van der Waals surface area contributed by atoms with E-state index in [9.17, 15) is 4.79 Å². The third-order valence-corrected chi connectivity index (χ3v) is 4.10. The maximum absolute atomic E-state index is 11.3. The lowest BCUT2D eigenvalue weighted by Gasteiger charge is -2.12. The molecule has 88 valence electrons. The summed E-state index contributed by atoms with van der Waals surface area (Å²) in [6.45, 7) is 6.41. The molecule has 1 rings (SSSR count). The highest BCUT2D eigenvalue weighted by Crippen LogP contribution is 2.28. The van der Waals surface area contributed by atoms with Crippen molar-refractivity contribution >= 4 is 33.2 Å².